The van der Waals surface area contributed by atoms with Crippen molar-refractivity contribution in [3.05, 3.63) is 0 Å². The van der Waals surface area contributed by atoms with Crippen molar-refractivity contribution in [2.24, 2.45) is 5.41 Å². The van der Waals surface area contributed by atoms with Crippen molar-refractivity contribution in [1.82, 2.24) is 10.2 Å². The number of hydrogen-bond donors (Lipinski definition) is 1. The van der Waals surface area contributed by atoms with Crippen molar-refractivity contribution in [3.63, 3.8) is 0 Å². The van der Waals surface area contributed by atoms with E-state index in [4.69, 9.17) is 0 Å². The Hall–Kier alpha value is 0.270. The van der Waals surface area contributed by atoms with Crippen LogP contribution in [-0.4, -0.2) is 49.6 Å². The Morgan fingerprint density at radius 2 is 2.19 bits per heavy atom. The van der Waals surface area contributed by atoms with Crippen LogP contribution in [0.5, 0.6) is 0 Å². The SMILES string of the molecule is CSCCCN1CCCC2(CCCNC2)C1. The number of nitrogens with one attached hydrogen (secondary N) is 1. The molecule has 2 rings (SSSR count). The Bertz CT molecular complexity index is 197. The monoisotopic (exact) mass is 242 g/mol. The maximum Gasteiger partial charge on any atom is 0.00502 e. The molecule has 1 N–H and O–H groups in total. The summed E-state index contributed by atoms with van der Waals surface area (Å²) < 4.78 is 0. The third kappa shape index (κ3) is 3.38. The molecular formula is C13H26N2S. The lowest BCUT2D eigenvalue weighted by atomic mass is 9.74. The fourth-order valence-corrected chi connectivity index (χ4v) is 3.73. The average Bonchev–Trinajstić information content (AvgIpc) is 2.31. The summed E-state index contributed by atoms with van der Waals surface area (Å²) in [4.78, 5) is 2.72. The van der Waals surface area contributed by atoms with Crippen LogP contribution in [0.1, 0.15) is 32.1 Å². The zero-order valence-corrected chi connectivity index (χ0v) is 11.5. The lowest BCUT2D eigenvalue weighted by Gasteiger charge is -2.45. The van der Waals surface area contributed by atoms with Gasteiger partial charge in [-0.1, -0.05) is 0 Å². The van der Waals surface area contributed by atoms with E-state index in [-0.39, 0.29) is 0 Å². The molecule has 2 heterocycles. The van der Waals surface area contributed by atoms with E-state index in [1.807, 2.05) is 11.8 Å². The summed E-state index contributed by atoms with van der Waals surface area (Å²) in [7, 11) is 0. The molecule has 0 radical (unpaired) electrons. The first-order valence-electron chi connectivity index (χ1n) is 6.77. The van der Waals surface area contributed by atoms with Gasteiger partial charge in [0.1, 0.15) is 0 Å². The summed E-state index contributed by atoms with van der Waals surface area (Å²) >= 11 is 1.98. The summed E-state index contributed by atoms with van der Waals surface area (Å²) in [5.41, 5.74) is 0.635. The number of thioether (sulfide) groups is 1. The van der Waals surface area contributed by atoms with Gasteiger partial charge in [0.25, 0.3) is 0 Å². The van der Waals surface area contributed by atoms with E-state index in [1.54, 1.807) is 0 Å². The first-order chi connectivity index (χ1) is 7.85. The van der Waals surface area contributed by atoms with Crippen LogP contribution < -0.4 is 5.32 Å². The Balaban J connectivity index is 1.78. The maximum absolute atomic E-state index is 3.60. The minimum absolute atomic E-state index is 0.635. The molecule has 2 aliphatic heterocycles. The van der Waals surface area contributed by atoms with Gasteiger partial charge in [-0.25, -0.2) is 0 Å². The molecule has 94 valence electrons. The number of nitrogens with zero attached hydrogens (tertiary/aromatic N) is 1. The molecule has 0 saturated carbocycles. The third-order valence-corrected chi connectivity index (χ3v) is 4.82. The first kappa shape index (κ1) is 12.7. The number of hydrogen-bond acceptors (Lipinski definition) is 3. The van der Waals surface area contributed by atoms with Gasteiger partial charge in [-0.3, -0.25) is 0 Å². The number of piperidine rings is 2. The lowest BCUT2D eigenvalue weighted by Crippen LogP contribution is -2.51. The van der Waals surface area contributed by atoms with Crippen molar-refractivity contribution in [1.29, 1.82) is 0 Å². The van der Waals surface area contributed by atoms with Crippen molar-refractivity contribution < 1.29 is 0 Å². The normalized spacial score (nSPS) is 32.1. The first-order valence-corrected chi connectivity index (χ1v) is 8.16. The van der Waals surface area contributed by atoms with Gasteiger partial charge < -0.3 is 10.2 Å². The van der Waals surface area contributed by atoms with Crippen LogP contribution in [0.25, 0.3) is 0 Å². The Labute approximate surface area is 105 Å². The molecule has 1 unspecified atom stereocenters. The zero-order valence-electron chi connectivity index (χ0n) is 10.6. The van der Waals surface area contributed by atoms with E-state index in [2.05, 4.69) is 16.5 Å². The van der Waals surface area contributed by atoms with Crippen molar-refractivity contribution in [2.75, 3.05) is 44.7 Å². The van der Waals surface area contributed by atoms with Crippen molar-refractivity contribution >= 4 is 11.8 Å². The lowest BCUT2D eigenvalue weighted by molar-refractivity contribution is 0.0650. The zero-order chi connectivity index (χ0) is 11.3. The second-order valence-electron chi connectivity index (χ2n) is 5.51. The van der Waals surface area contributed by atoms with Crippen LogP contribution in [0, 0.1) is 5.41 Å². The molecule has 0 aromatic rings. The second-order valence-corrected chi connectivity index (χ2v) is 6.49. The van der Waals surface area contributed by atoms with E-state index in [0.29, 0.717) is 5.41 Å². The van der Waals surface area contributed by atoms with Gasteiger partial charge in [0.15, 0.2) is 0 Å². The summed E-state index contributed by atoms with van der Waals surface area (Å²) in [6.45, 7) is 6.54. The smallest absolute Gasteiger partial charge is 0.00502 e. The Morgan fingerprint density at radius 3 is 2.94 bits per heavy atom. The molecule has 3 heteroatoms. The van der Waals surface area contributed by atoms with Crippen molar-refractivity contribution in [3.8, 4) is 0 Å². The van der Waals surface area contributed by atoms with Gasteiger partial charge in [-0.15, -0.1) is 0 Å². The van der Waals surface area contributed by atoms with Gasteiger partial charge in [0.05, 0.1) is 0 Å². The van der Waals surface area contributed by atoms with E-state index >= 15 is 0 Å². The summed E-state index contributed by atoms with van der Waals surface area (Å²) in [5.74, 6) is 1.32. The summed E-state index contributed by atoms with van der Waals surface area (Å²) in [6, 6.07) is 0. The molecule has 1 spiro atoms. The van der Waals surface area contributed by atoms with Crippen LogP contribution in [-0.2, 0) is 0 Å². The molecule has 0 aromatic carbocycles. The van der Waals surface area contributed by atoms with Gasteiger partial charge in [0, 0.05) is 13.1 Å². The molecule has 2 saturated heterocycles. The Kier molecular flexibility index (Phi) is 4.98. The van der Waals surface area contributed by atoms with Gasteiger partial charge in [0.2, 0.25) is 0 Å². The minimum atomic E-state index is 0.635. The quantitative estimate of drug-likeness (QED) is 0.761. The fraction of sp³-hybridized carbons (Fsp3) is 1.00. The van der Waals surface area contributed by atoms with Gasteiger partial charge in [-0.2, -0.15) is 11.8 Å². The van der Waals surface area contributed by atoms with Crippen LogP contribution >= 0.6 is 11.8 Å². The maximum atomic E-state index is 3.60. The predicted octanol–water partition coefficient (Wildman–Crippen LogP) is 2.21. The molecule has 0 amide bonds. The highest BCUT2D eigenvalue weighted by Crippen LogP contribution is 2.35. The average molecular weight is 242 g/mol. The predicted molar refractivity (Wildman–Crippen MR) is 73.2 cm³/mol. The minimum Gasteiger partial charge on any atom is -0.316 e. The van der Waals surface area contributed by atoms with Gasteiger partial charge in [-0.05, 0) is 69.2 Å². The molecular weight excluding hydrogens is 216 g/mol. The second kappa shape index (κ2) is 6.27. The van der Waals surface area contributed by atoms with Crippen molar-refractivity contribution in [2.45, 2.75) is 32.1 Å². The van der Waals surface area contributed by atoms with Gasteiger partial charge >= 0.3 is 0 Å². The molecule has 2 nitrogen and oxygen atoms in total. The van der Waals surface area contributed by atoms with Crippen LogP contribution in [0.3, 0.4) is 0 Å². The molecule has 0 aromatic heterocycles. The van der Waals surface area contributed by atoms with E-state index in [1.165, 1.54) is 70.6 Å². The van der Waals surface area contributed by atoms with E-state index in [9.17, 15) is 0 Å². The summed E-state index contributed by atoms with van der Waals surface area (Å²) in [6.07, 6.45) is 9.30. The largest absolute Gasteiger partial charge is 0.316 e. The summed E-state index contributed by atoms with van der Waals surface area (Å²) in [5, 5.41) is 3.60. The van der Waals surface area contributed by atoms with Crippen LogP contribution in [0.4, 0.5) is 0 Å². The molecule has 0 aliphatic carbocycles. The van der Waals surface area contributed by atoms with Crippen LogP contribution in [0.2, 0.25) is 0 Å². The Morgan fingerprint density at radius 1 is 1.31 bits per heavy atom. The van der Waals surface area contributed by atoms with Crippen LogP contribution in [0.15, 0.2) is 0 Å². The molecule has 16 heavy (non-hydrogen) atoms. The molecule has 0 bridgehead atoms. The molecule has 1 atom stereocenters. The van der Waals surface area contributed by atoms with E-state index in [0.717, 1.165) is 0 Å². The highest BCUT2D eigenvalue weighted by Gasteiger charge is 2.35. The third-order valence-electron chi connectivity index (χ3n) is 4.12. The highest BCUT2D eigenvalue weighted by molar-refractivity contribution is 7.98. The number of likely N-dealkylation sites (tertiary alicyclic amines) is 1. The topological polar surface area (TPSA) is 15.3 Å². The molecule has 2 aliphatic rings. The fourth-order valence-electron chi connectivity index (χ4n) is 3.31. The highest BCUT2D eigenvalue weighted by atomic mass is 32.2. The molecule has 2 fully saturated rings. The number of rotatable bonds is 4. The van der Waals surface area contributed by atoms with E-state index < -0.39 is 0 Å². The standard InChI is InChI=1S/C13H26N2S/c1-16-10-4-9-15-8-3-6-13(12-15)5-2-7-14-11-13/h14H,2-12H2,1H3.